The van der Waals surface area contributed by atoms with Gasteiger partial charge in [-0.1, -0.05) is 17.7 Å². The topological polar surface area (TPSA) is 67.4 Å². The van der Waals surface area contributed by atoms with E-state index in [4.69, 9.17) is 4.74 Å². The molecule has 1 fully saturated rings. The number of anilines is 1. The first-order valence-electron chi connectivity index (χ1n) is 7.26. The minimum atomic E-state index is -0.636. The zero-order valence-corrected chi connectivity index (χ0v) is 12.8. The standard InChI is InChI=1S/C16H22N2O3/c1-10-7-11(2)14(12(3)8-10)18-16(20)15(19)17-9-13-5-4-6-21-13/h7-8,13H,4-6,9H2,1-3H3,(H,17,19)(H,18,20)/t13-/m1/s1. The first-order valence-corrected chi connectivity index (χ1v) is 7.26. The first-order chi connectivity index (χ1) is 9.97. The van der Waals surface area contributed by atoms with Crippen molar-refractivity contribution < 1.29 is 14.3 Å². The molecule has 2 amide bonds. The normalized spacial score (nSPS) is 17.6. The van der Waals surface area contributed by atoms with Crippen molar-refractivity contribution in [3.8, 4) is 0 Å². The molecule has 21 heavy (non-hydrogen) atoms. The fourth-order valence-electron chi connectivity index (χ4n) is 2.64. The second-order valence-corrected chi connectivity index (χ2v) is 5.57. The van der Waals surface area contributed by atoms with Crippen molar-refractivity contribution >= 4 is 17.5 Å². The van der Waals surface area contributed by atoms with E-state index in [1.807, 2.05) is 32.9 Å². The van der Waals surface area contributed by atoms with Crippen LogP contribution in [0.4, 0.5) is 5.69 Å². The van der Waals surface area contributed by atoms with E-state index in [2.05, 4.69) is 10.6 Å². The summed E-state index contributed by atoms with van der Waals surface area (Å²) in [6.07, 6.45) is 1.97. The number of ether oxygens (including phenoxy) is 1. The number of amides is 2. The van der Waals surface area contributed by atoms with Gasteiger partial charge in [0, 0.05) is 18.8 Å². The molecule has 0 aromatic heterocycles. The van der Waals surface area contributed by atoms with Crippen LogP contribution in [0.1, 0.15) is 29.5 Å². The summed E-state index contributed by atoms with van der Waals surface area (Å²) in [4.78, 5) is 23.8. The van der Waals surface area contributed by atoms with Crippen molar-refractivity contribution in [2.75, 3.05) is 18.5 Å². The van der Waals surface area contributed by atoms with Gasteiger partial charge < -0.3 is 15.4 Å². The minimum absolute atomic E-state index is 0.0320. The Balaban J connectivity index is 1.92. The molecule has 0 saturated carbocycles. The molecule has 1 atom stereocenters. The molecule has 114 valence electrons. The number of carbonyl (C=O) groups is 2. The molecule has 2 N–H and O–H groups in total. The molecule has 1 saturated heterocycles. The summed E-state index contributed by atoms with van der Waals surface area (Å²) in [6, 6.07) is 3.96. The van der Waals surface area contributed by atoms with Crippen LogP contribution in [0, 0.1) is 20.8 Å². The molecule has 0 unspecified atom stereocenters. The molecule has 1 aromatic rings. The molecule has 0 bridgehead atoms. The second-order valence-electron chi connectivity index (χ2n) is 5.57. The van der Waals surface area contributed by atoms with Gasteiger partial charge in [-0.15, -0.1) is 0 Å². The maximum atomic E-state index is 11.9. The van der Waals surface area contributed by atoms with E-state index in [0.29, 0.717) is 12.2 Å². The van der Waals surface area contributed by atoms with Crippen molar-refractivity contribution in [3.05, 3.63) is 28.8 Å². The average Bonchev–Trinajstić information content (AvgIpc) is 2.93. The van der Waals surface area contributed by atoms with Crippen LogP contribution in [0.25, 0.3) is 0 Å². The fraction of sp³-hybridized carbons (Fsp3) is 0.500. The maximum Gasteiger partial charge on any atom is 0.313 e. The first kappa shape index (κ1) is 15.5. The summed E-state index contributed by atoms with van der Waals surface area (Å²) in [5.41, 5.74) is 3.74. The zero-order valence-electron chi connectivity index (χ0n) is 12.8. The maximum absolute atomic E-state index is 11.9. The van der Waals surface area contributed by atoms with E-state index in [9.17, 15) is 9.59 Å². The molecule has 0 radical (unpaired) electrons. The number of hydrogen-bond donors (Lipinski definition) is 2. The Labute approximate surface area is 125 Å². The monoisotopic (exact) mass is 290 g/mol. The van der Waals surface area contributed by atoms with Crippen molar-refractivity contribution in [2.24, 2.45) is 0 Å². The largest absolute Gasteiger partial charge is 0.376 e. The van der Waals surface area contributed by atoms with Gasteiger partial charge in [-0.05, 0) is 44.7 Å². The third kappa shape index (κ3) is 4.04. The summed E-state index contributed by atoms with van der Waals surface area (Å²) in [6.45, 7) is 6.95. The highest BCUT2D eigenvalue weighted by Gasteiger charge is 2.20. The van der Waals surface area contributed by atoms with Gasteiger partial charge in [-0.25, -0.2) is 0 Å². The van der Waals surface area contributed by atoms with Gasteiger partial charge in [-0.2, -0.15) is 0 Å². The number of nitrogens with one attached hydrogen (secondary N) is 2. The van der Waals surface area contributed by atoms with E-state index in [0.717, 1.165) is 36.1 Å². The molecule has 2 rings (SSSR count). The summed E-state index contributed by atoms with van der Waals surface area (Å²) >= 11 is 0. The molecule has 0 spiro atoms. The molecule has 1 aromatic carbocycles. The Hall–Kier alpha value is -1.88. The van der Waals surface area contributed by atoms with Crippen LogP contribution < -0.4 is 10.6 Å². The lowest BCUT2D eigenvalue weighted by Crippen LogP contribution is -2.39. The molecule has 1 aliphatic rings. The third-order valence-corrected chi connectivity index (χ3v) is 3.64. The molecule has 1 aliphatic heterocycles. The SMILES string of the molecule is Cc1cc(C)c(NC(=O)C(=O)NC[C@H]2CCCO2)c(C)c1. The van der Waals surface area contributed by atoms with Crippen molar-refractivity contribution in [2.45, 2.75) is 39.7 Å². The quantitative estimate of drug-likeness (QED) is 0.835. The highest BCUT2D eigenvalue weighted by Crippen LogP contribution is 2.21. The van der Waals surface area contributed by atoms with Gasteiger partial charge in [0.1, 0.15) is 0 Å². The molecule has 5 nitrogen and oxygen atoms in total. The molecular weight excluding hydrogens is 268 g/mol. The Morgan fingerprint density at radius 1 is 1.19 bits per heavy atom. The number of carbonyl (C=O) groups excluding carboxylic acids is 2. The number of aryl methyl sites for hydroxylation is 3. The number of rotatable bonds is 3. The van der Waals surface area contributed by atoms with Crippen LogP contribution in [0.3, 0.4) is 0 Å². The van der Waals surface area contributed by atoms with Crippen molar-refractivity contribution in [3.63, 3.8) is 0 Å². The summed E-state index contributed by atoms with van der Waals surface area (Å²) in [7, 11) is 0. The van der Waals surface area contributed by atoms with Gasteiger partial charge in [-0.3, -0.25) is 9.59 Å². The Morgan fingerprint density at radius 2 is 1.86 bits per heavy atom. The van der Waals surface area contributed by atoms with Crippen LogP contribution in [0.15, 0.2) is 12.1 Å². The third-order valence-electron chi connectivity index (χ3n) is 3.64. The fourth-order valence-corrected chi connectivity index (χ4v) is 2.64. The lowest BCUT2D eigenvalue weighted by Gasteiger charge is -2.14. The van der Waals surface area contributed by atoms with Gasteiger partial charge >= 0.3 is 11.8 Å². The van der Waals surface area contributed by atoms with Crippen LogP contribution in [0.5, 0.6) is 0 Å². The lowest BCUT2D eigenvalue weighted by atomic mass is 10.1. The predicted molar refractivity (Wildman–Crippen MR) is 81.3 cm³/mol. The van der Waals surface area contributed by atoms with Crippen LogP contribution in [-0.2, 0) is 14.3 Å². The smallest absolute Gasteiger partial charge is 0.313 e. The molecular formula is C16H22N2O3. The van der Waals surface area contributed by atoms with Crippen molar-refractivity contribution in [1.29, 1.82) is 0 Å². The highest BCUT2D eigenvalue weighted by atomic mass is 16.5. The van der Waals surface area contributed by atoms with E-state index < -0.39 is 11.8 Å². The van der Waals surface area contributed by atoms with Gasteiger partial charge in [0.15, 0.2) is 0 Å². The summed E-state index contributed by atoms with van der Waals surface area (Å²) < 4.78 is 5.41. The van der Waals surface area contributed by atoms with Crippen molar-refractivity contribution in [1.82, 2.24) is 5.32 Å². The summed E-state index contributed by atoms with van der Waals surface area (Å²) in [5, 5.41) is 5.31. The highest BCUT2D eigenvalue weighted by molar-refractivity contribution is 6.39. The van der Waals surface area contributed by atoms with Gasteiger partial charge in [0.05, 0.1) is 6.10 Å². The second kappa shape index (κ2) is 6.72. The number of benzene rings is 1. The van der Waals surface area contributed by atoms with E-state index >= 15 is 0 Å². The predicted octanol–water partition coefficient (Wildman–Crippen LogP) is 1.85. The van der Waals surface area contributed by atoms with E-state index in [1.54, 1.807) is 0 Å². The van der Waals surface area contributed by atoms with E-state index in [-0.39, 0.29) is 6.10 Å². The van der Waals surface area contributed by atoms with Gasteiger partial charge in [0.2, 0.25) is 0 Å². The van der Waals surface area contributed by atoms with E-state index in [1.165, 1.54) is 0 Å². The van der Waals surface area contributed by atoms with Crippen LogP contribution >= 0.6 is 0 Å². The molecule has 0 aliphatic carbocycles. The van der Waals surface area contributed by atoms with Crippen LogP contribution in [0.2, 0.25) is 0 Å². The lowest BCUT2D eigenvalue weighted by molar-refractivity contribution is -0.136. The average molecular weight is 290 g/mol. The molecule has 5 heteroatoms. The Bertz CT molecular complexity index is 525. The Morgan fingerprint density at radius 3 is 2.43 bits per heavy atom. The summed E-state index contributed by atoms with van der Waals surface area (Å²) in [5.74, 6) is -1.26. The number of hydrogen-bond acceptors (Lipinski definition) is 3. The van der Waals surface area contributed by atoms with Gasteiger partial charge in [0.25, 0.3) is 0 Å². The van der Waals surface area contributed by atoms with Crippen LogP contribution in [-0.4, -0.2) is 31.1 Å². The minimum Gasteiger partial charge on any atom is -0.376 e. The molecule has 1 heterocycles. The Kier molecular flexibility index (Phi) is 4.96. The zero-order chi connectivity index (χ0) is 15.4.